The number of ether oxygens (including phenoxy) is 1. The van der Waals surface area contributed by atoms with E-state index >= 15 is 0 Å². The van der Waals surface area contributed by atoms with Gasteiger partial charge in [0.1, 0.15) is 12.4 Å². The third-order valence-electron chi connectivity index (χ3n) is 3.99. The van der Waals surface area contributed by atoms with E-state index in [4.69, 9.17) is 9.84 Å². The first-order valence-corrected chi connectivity index (χ1v) is 7.21. The Morgan fingerprint density at radius 2 is 1.95 bits per heavy atom. The molecule has 0 heterocycles. The predicted octanol–water partition coefficient (Wildman–Crippen LogP) is 3.76. The minimum atomic E-state index is -0.933. The summed E-state index contributed by atoms with van der Waals surface area (Å²) in [6, 6.07) is 11.5. The second-order valence-electron chi connectivity index (χ2n) is 5.53. The number of carbonyl (C=O) groups is 1. The summed E-state index contributed by atoms with van der Waals surface area (Å²) in [5.74, 6) is -0.298. The molecule has 0 atom stereocenters. The number of carboxylic acid groups (broad SMARTS) is 1. The third kappa shape index (κ3) is 2.92. The average molecular weight is 282 g/mol. The number of aryl methyl sites for hydroxylation is 3. The van der Waals surface area contributed by atoms with Crippen LogP contribution in [0.5, 0.6) is 5.75 Å². The first-order valence-electron chi connectivity index (χ1n) is 7.21. The zero-order valence-electron chi connectivity index (χ0n) is 12.1. The van der Waals surface area contributed by atoms with Gasteiger partial charge in [0.05, 0.1) is 5.56 Å². The number of carboxylic acids is 1. The van der Waals surface area contributed by atoms with Gasteiger partial charge in [-0.15, -0.1) is 0 Å². The van der Waals surface area contributed by atoms with E-state index in [1.165, 1.54) is 24.0 Å². The lowest BCUT2D eigenvalue weighted by Gasteiger charge is -2.11. The Kier molecular flexibility index (Phi) is 3.65. The highest BCUT2D eigenvalue weighted by molar-refractivity contribution is 5.88. The van der Waals surface area contributed by atoms with E-state index in [0.29, 0.717) is 12.4 Å². The van der Waals surface area contributed by atoms with Crippen LogP contribution in [-0.2, 0) is 19.4 Å². The fourth-order valence-corrected chi connectivity index (χ4v) is 2.76. The Balaban J connectivity index is 1.75. The molecule has 0 aromatic heterocycles. The predicted molar refractivity (Wildman–Crippen MR) is 80.9 cm³/mol. The number of fused-ring (bicyclic) bond motifs is 1. The van der Waals surface area contributed by atoms with Gasteiger partial charge in [-0.25, -0.2) is 4.79 Å². The van der Waals surface area contributed by atoms with Crippen LogP contribution in [0.15, 0.2) is 36.4 Å². The number of benzene rings is 2. The molecular formula is C18H18O3. The van der Waals surface area contributed by atoms with Crippen LogP contribution in [0.3, 0.4) is 0 Å². The van der Waals surface area contributed by atoms with Crippen molar-refractivity contribution in [2.24, 2.45) is 0 Å². The number of aromatic carboxylic acids is 1. The second-order valence-corrected chi connectivity index (χ2v) is 5.53. The molecule has 0 aliphatic heterocycles. The Bertz CT molecular complexity index is 689. The topological polar surface area (TPSA) is 46.5 Å². The smallest absolute Gasteiger partial charge is 0.335 e. The minimum Gasteiger partial charge on any atom is -0.489 e. The van der Waals surface area contributed by atoms with Crippen molar-refractivity contribution >= 4 is 5.97 Å². The van der Waals surface area contributed by atoms with Gasteiger partial charge in [0.15, 0.2) is 0 Å². The molecule has 3 rings (SSSR count). The zero-order chi connectivity index (χ0) is 14.8. The van der Waals surface area contributed by atoms with Crippen molar-refractivity contribution < 1.29 is 14.6 Å². The standard InChI is InChI=1S/C18H18O3/c1-12-5-7-16(18(19)20)10-17(12)21-11-13-6-8-14-3-2-4-15(14)9-13/h5-10H,2-4,11H2,1H3,(H,19,20). The molecule has 0 fully saturated rings. The van der Waals surface area contributed by atoms with Gasteiger partial charge in [-0.1, -0.05) is 24.3 Å². The maximum absolute atomic E-state index is 11.0. The van der Waals surface area contributed by atoms with Crippen molar-refractivity contribution in [1.29, 1.82) is 0 Å². The lowest BCUT2D eigenvalue weighted by Crippen LogP contribution is -2.01. The fourth-order valence-electron chi connectivity index (χ4n) is 2.76. The molecule has 1 aliphatic rings. The Hall–Kier alpha value is -2.29. The molecule has 0 saturated heterocycles. The van der Waals surface area contributed by atoms with E-state index in [9.17, 15) is 4.79 Å². The Morgan fingerprint density at radius 3 is 2.76 bits per heavy atom. The third-order valence-corrected chi connectivity index (χ3v) is 3.99. The molecule has 21 heavy (non-hydrogen) atoms. The van der Waals surface area contributed by atoms with Gasteiger partial charge in [-0.3, -0.25) is 0 Å². The molecule has 0 unspecified atom stereocenters. The van der Waals surface area contributed by atoms with E-state index in [2.05, 4.69) is 18.2 Å². The molecule has 2 aromatic rings. The van der Waals surface area contributed by atoms with Crippen LogP contribution in [0, 0.1) is 6.92 Å². The zero-order valence-corrected chi connectivity index (χ0v) is 12.1. The fraction of sp³-hybridized carbons (Fsp3) is 0.278. The molecule has 2 aromatic carbocycles. The van der Waals surface area contributed by atoms with Crippen molar-refractivity contribution in [2.75, 3.05) is 0 Å². The molecule has 1 aliphatic carbocycles. The molecule has 0 saturated carbocycles. The van der Waals surface area contributed by atoms with Crippen LogP contribution in [0.25, 0.3) is 0 Å². The summed E-state index contributed by atoms with van der Waals surface area (Å²) in [4.78, 5) is 11.0. The summed E-state index contributed by atoms with van der Waals surface area (Å²) < 4.78 is 5.81. The largest absolute Gasteiger partial charge is 0.489 e. The lowest BCUT2D eigenvalue weighted by molar-refractivity contribution is 0.0696. The van der Waals surface area contributed by atoms with E-state index in [1.54, 1.807) is 18.2 Å². The number of rotatable bonds is 4. The van der Waals surface area contributed by atoms with Crippen LogP contribution in [0.1, 0.15) is 39.0 Å². The Labute approximate surface area is 124 Å². The quantitative estimate of drug-likeness (QED) is 0.928. The van der Waals surface area contributed by atoms with E-state index < -0.39 is 5.97 Å². The van der Waals surface area contributed by atoms with E-state index in [0.717, 1.165) is 17.5 Å². The first kappa shape index (κ1) is 13.7. The van der Waals surface area contributed by atoms with Gasteiger partial charge in [0, 0.05) is 0 Å². The molecule has 0 spiro atoms. The first-order chi connectivity index (χ1) is 10.1. The molecule has 0 bridgehead atoms. The summed E-state index contributed by atoms with van der Waals surface area (Å²) in [5.41, 5.74) is 5.21. The molecule has 3 nitrogen and oxygen atoms in total. The maximum Gasteiger partial charge on any atom is 0.335 e. The van der Waals surface area contributed by atoms with Gasteiger partial charge in [-0.2, -0.15) is 0 Å². The van der Waals surface area contributed by atoms with Crippen molar-refractivity contribution in [1.82, 2.24) is 0 Å². The lowest BCUT2D eigenvalue weighted by atomic mass is 10.1. The Morgan fingerprint density at radius 1 is 1.14 bits per heavy atom. The average Bonchev–Trinajstić information content (AvgIpc) is 2.93. The SMILES string of the molecule is Cc1ccc(C(=O)O)cc1OCc1ccc2c(c1)CCC2. The summed E-state index contributed by atoms with van der Waals surface area (Å²) in [6.07, 6.45) is 3.56. The summed E-state index contributed by atoms with van der Waals surface area (Å²) in [6.45, 7) is 2.39. The van der Waals surface area contributed by atoms with Crippen LogP contribution in [-0.4, -0.2) is 11.1 Å². The van der Waals surface area contributed by atoms with Crippen LogP contribution in [0.4, 0.5) is 0 Å². The summed E-state index contributed by atoms with van der Waals surface area (Å²) >= 11 is 0. The van der Waals surface area contributed by atoms with Gasteiger partial charge in [-0.05, 0) is 60.6 Å². The molecule has 0 amide bonds. The molecule has 3 heteroatoms. The number of hydrogen-bond acceptors (Lipinski definition) is 2. The van der Waals surface area contributed by atoms with Crippen molar-refractivity contribution in [3.8, 4) is 5.75 Å². The van der Waals surface area contributed by atoms with Crippen LogP contribution < -0.4 is 4.74 Å². The maximum atomic E-state index is 11.0. The second kappa shape index (κ2) is 5.60. The van der Waals surface area contributed by atoms with Crippen molar-refractivity contribution in [3.05, 3.63) is 64.2 Å². The van der Waals surface area contributed by atoms with Gasteiger partial charge in [0.25, 0.3) is 0 Å². The highest BCUT2D eigenvalue weighted by Gasteiger charge is 2.11. The molecule has 1 N–H and O–H groups in total. The number of hydrogen-bond donors (Lipinski definition) is 1. The minimum absolute atomic E-state index is 0.254. The van der Waals surface area contributed by atoms with Gasteiger partial charge >= 0.3 is 5.97 Å². The van der Waals surface area contributed by atoms with E-state index in [1.807, 2.05) is 6.92 Å². The van der Waals surface area contributed by atoms with Gasteiger partial charge in [0.2, 0.25) is 0 Å². The van der Waals surface area contributed by atoms with Crippen LogP contribution in [0.2, 0.25) is 0 Å². The monoisotopic (exact) mass is 282 g/mol. The van der Waals surface area contributed by atoms with Crippen LogP contribution >= 0.6 is 0 Å². The van der Waals surface area contributed by atoms with E-state index in [-0.39, 0.29) is 5.56 Å². The summed E-state index contributed by atoms with van der Waals surface area (Å²) in [7, 11) is 0. The van der Waals surface area contributed by atoms with Crippen molar-refractivity contribution in [3.63, 3.8) is 0 Å². The summed E-state index contributed by atoms with van der Waals surface area (Å²) in [5, 5.41) is 9.04. The molecule has 108 valence electrons. The highest BCUT2D eigenvalue weighted by atomic mass is 16.5. The molecular weight excluding hydrogens is 264 g/mol. The molecule has 0 radical (unpaired) electrons. The highest BCUT2D eigenvalue weighted by Crippen LogP contribution is 2.25. The van der Waals surface area contributed by atoms with Gasteiger partial charge < -0.3 is 9.84 Å². The normalized spacial score (nSPS) is 13.0. The van der Waals surface area contributed by atoms with Crippen molar-refractivity contribution in [2.45, 2.75) is 32.8 Å².